The van der Waals surface area contributed by atoms with Crippen LogP contribution in [-0.2, 0) is 10.1 Å². The van der Waals surface area contributed by atoms with E-state index in [9.17, 15) is 4.79 Å². The van der Waals surface area contributed by atoms with Crippen molar-refractivity contribution in [3.8, 4) is 11.8 Å². The van der Waals surface area contributed by atoms with Crippen LogP contribution in [0.3, 0.4) is 0 Å². The van der Waals surface area contributed by atoms with Crippen LogP contribution < -0.4 is 0 Å². The van der Waals surface area contributed by atoms with Crippen LogP contribution in [-0.4, -0.2) is 17.6 Å². The second-order valence-electron chi connectivity index (χ2n) is 4.20. The average molecular weight is 344 g/mol. The third-order valence-electron chi connectivity index (χ3n) is 2.62. The molecule has 1 heterocycles. The Morgan fingerprint density at radius 2 is 1.90 bits per heavy atom. The number of carbonyl (C=O) groups is 1. The zero-order valence-electron chi connectivity index (χ0n) is 11.6. The monoisotopic (exact) mass is 343 g/mol. The second-order valence-corrected chi connectivity index (χ2v) is 4.76. The van der Waals surface area contributed by atoms with Crippen LogP contribution in [0.25, 0.3) is 0 Å². The fraction of sp³-hybridized carbons (Fsp3) is 0.176. The number of aromatic nitrogens is 1. The van der Waals surface area contributed by atoms with Gasteiger partial charge in [-0.2, -0.15) is 0 Å². The largest absolute Gasteiger partial charge is 0.461 e. The van der Waals surface area contributed by atoms with Crippen molar-refractivity contribution in [3.63, 3.8) is 0 Å². The van der Waals surface area contributed by atoms with E-state index in [0.29, 0.717) is 11.9 Å². The van der Waals surface area contributed by atoms with E-state index >= 15 is 0 Å². The fourth-order valence-electron chi connectivity index (χ4n) is 1.70. The molecule has 106 valence electrons. The summed E-state index contributed by atoms with van der Waals surface area (Å²) in [7, 11) is 0. The van der Waals surface area contributed by atoms with E-state index in [1.165, 1.54) is 0 Å². The minimum absolute atomic E-state index is 0.283. The Morgan fingerprint density at radius 1 is 1.19 bits per heavy atom. The molecule has 2 aromatic rings. The molecule has 0 saturated carbocycles. The highest BCUT2D eigenvalue weighted by Crippen LogP contribution is 2.10. The lowest BCUT2D eigenvalue weighted by Crippen LogP contribution is -2.08. The predicted molar refractivity (Wildman–Crippen MR) is 85.2 cm³/mol. The SMILES string of the molecule is CCOC(=O)c1cc(C#Cc2ccccc2)cc(CBr)n1. The summed E-state index contributed by atoms with van der Waals surface area (Å²) in [5, 5.41) is 0.556. The summed E-state index contributed by atoms with van der Waals surface area (Å²) >= 11 is 3.35. The Balaban J connectivity index is 2.33. The minimum Gasteiger partial charge on any atom is -0.461 e. The van der Waals surface area contributed by atoms with Gasteiger partial charge < -0.3 is 4.74 Å². The molecule has 0 saturated heterocycles. The maximum Gasteiger partial charge on any atom is 0.356 e. The second kappa shape index (κ2) is 7.61. The Morgan fingerprint density at radius 3 is 2.57 bits per heavy atom. The molecule has 2 rings (SSSR count). The Bertz CT molecular complexity index is 687. The van der Waals surface area contributed by atoms with Gasteiger partial charge in [0.1, 0.15) is 5.69 Å². The normalized spacial score (nSPS) is 9.62. The van der Waals surface area contributed by atoms with Crippen LogP contribution in [0.1, 0.15) is 34.2 Å². The minimum atomic E-state index is -0.428. The fourth-order valence-corrected chi connectivity index (χ4v) is 1.99. The van der Waals surface area contributed by atoms with Crippen molar-refractivity contribution in [1.29, 1.82) is 0 Å². The number of ether oxygens (including phenoxy) is 1. The first kappa shape index (κ1) is 15.3. The van der Waals surface area contributed by atoms with E-state index in [0.717, 1.165) is 16.8 Å². The first-order valence-corrected chi connectivity index (χ1v) is 7.66. The zero-order chi connectivity index (χ0) is 15.1. The van der Waals surface area contributed by atoms with E-state index in [-0.39, 0.29) is 5.69 Å². The molecule has 0 bridgehead atoms. The Kier molecular flexibility index (Phi) is 5.53. The van der Waals surface area contributed by atoms with Crippen LogP contribution in [0, 0.1) is 11.8 Å². The summed E-state index contributed by atoms with van der Waals surface area (Å²) in [4.78, 5) is 16.0. The van der Waals surface area contributed by atoms with Gasteiger partial charge in [-0.1, -0.05) is 46.0 Å². The van der Waals surface area contributed by atoms with Crippen LogP contribution in [0.15, 0.2) is 42.5 Å². The van der Waals surface area contributed by atoms with Gasteiger partial charge >= 0.3 is 5.97 Å². The maximum absolute atomic E-state index is 11.8. The van der Waals surface area contributed by atoms with E-state index in [1.807, 2.05) is 36.4 Å². The van der Waals surface area contributed by atoms with Crippen molar-refractivity contribution >= 4 is 21.9 Å². The molecule has 4 heteroatoms. The van der Waals surface area contributed by atoms with Gasteiger partial charge in [-0.25, -0.2) is 9.78 Å². The van der Waals surface area contributed by atoms with E-state index in [4.69, 9.17) is 4.74 Å². The van der Waals surface area contributed by atoms with Crippen LogP contribution in [0.5, 0.6) is 0 Å². The number of rotatable bonds is 3. The van der Waals surface area contributed by atoms with Gasteiger partial charge in [0.15, 0.2) is 0 Å². The molecule has 0 atom stereocenters. The first-order chi connectivity index (χ1) is 10.2. The number of halogens is 1. The number of alkyl halides is 1. The number of pyridine rings is 1. The molecule has 0 fully saturated rings. The number of esters is 1. The molecule has 0 aliphatic heterocycles. The average Bonchev–Trinajstić information content (AvgIpc) is 2.54. The molecule has 1 aromatic heterocycles. The van der Waals surface area contributed by atoms with Crippen molar-refractivity contribution in [2.75, 3.05) is 6.61 Å². The highest BCUT2D eigenvalue weighted by molar-refractivity contribution is 9.08. The summed E-state index contributed by atoms with van der Waals surface area (Å²) in [6, 6.07) is 13.2. The highest BCUT2D eigenvalue weighted by atomic mass is 79.9. The molecule has 0 amide bonds. The van der Waals surface area contributed by atoms with Crippen LogP contribution >= 0.6 is 15.9 Å². The van der Waals surface area contributed by atoms with Crippen molar-refractivity contribution in [2.24, 2.45) is 0 Å². The Labute approximate surface area is 132 Å². The molecule has 0 radical (unpaired) electrons. The van der Waals surface area contributed by atoms with E-state index in [2.05, 4.69) is 32.8 Å². The van der Waals surface area contributed by atoms with Crippen molar-refractivity contribution < 1.29 is 9.53 Å². The third kappa shape index (κ3) is 4.44. The number of hydrogen-bond acceptors (Lipinski definition) is 3. The predicted octanol–water partition coefficient (Wildman–Crippen LogP) is 3.55. The van der Waals surface area contributed by atoms with Gasteiger partial charge in [0, 0.05) is 16.5 Å². The van der Waals surface area contributed by atoms with Gasteiger partial charge in [0.05, 0.1) is 12.3 Å². The summed E-state index contributed by atoms with van der Waals surface area (Å²) in [6.07, 6.45) is 0. The topological polar surface area (TPSA) is 39.2 Å². The third-order valence-corrected chi connectivity index (χ3v) is 3.20. The lowest BCUT2D eigenvalue weighted by atomic mass is 10.1. The lowest BCUT2D eigenvalue weighted by molar-refractivity contribution is 0.0519. The molecule has 1 aromatic carbocycles. The number of hydrogen-bond donors (Lipinski definition) is 0. The quantitative estimate of drug-likeness (QED) is 0.486. The first-order valence-electron chi connectivity index (χ1n) is 6.54. The van der Waals surface area contributed by atoms with Crippen LogP contribution in [0.2, 0.25) is 0 Å². The smallest absolute Gasteiger partial charge is 0.356 e. The number of nitrogens with zero attached hydrogens (tertiary/aromatic N) is 1. The number of benzene rings is 1. The molecule has 3 nitrogen and oxygen atoms in total. The van der Waals surface area contributed by atoms with Gasteiger partial charge in [0.25, 0.3) is 0 Å². The van der Waals surface area contributed by atoms with Gasteiger partial charge in [-0.3, -0.25) is 0 Å². The molecule has 0 unspecified atom stereocenters. The maximum atomic E-state index is 11.8. The van der Waals surface area contributed by atoms with Crippen LogP contribution in [0.4, 0.5) is 0 Å². The molecule has 0 N–H and O–H groups in total. The molecule has 0 spiro atoms. The van der Waals surface area contributed by atoms with Crippen molar-refractivity contribution in [3.05, 3.63) is 65.0 Å². The summed E-state index contributed by atoms with van der Waals surface area (Å²) in [5.41, 5.74) is 2.70. The molecule has 0 aliphatic rings. The summed E-state index contributed by atoms with van der Waals surface area (Å²) in [6.45, 7) is 2.09. The standard InChI is InChI=1S/C17H14BrNO2/c1-2-21-17(20)16-11-14(10-15(12-18)19-16)9-8-13-6-4-3-5-7-13/h3-7,10-11H,2,12H2,1H3. The van der Waals surface area contributed by atoms with Gasteiger partial charge in [-0.05, 0) is 31.2 Å². The summed E-state index contributed by atoms with van der Waals surface area (Å²) in [5.74, 6) is 5.69. The molecular formula is C17H14BrNO2. The highest BCUT2D eigenvalue weighted by Gasteiger charge is 2.10. The van der Waals surface area contributed by atoms with Gasteiger partial charge in [0.2, 0.25) is 0 Å². The van der Waals surface area contributed by atoms with Crippen molar-refractivity contribution in [1.82, 2.24) is 4.98 Å². The van der Waals surface area contributed by atoms with Gasteiger partial charge in [-0.15, -0.1) is 0 Å². The zero-order valence-corrected chi connectivity index (χ0v) is 13.2. The number of carbonyl (C=O) groups excluding carboxylic acids is 1. The van der Waals surface area contributed by atoms with E-state index in [1.54, 1.807) is 13.0 Å². The van der Waals surface area contributed by atoms with Crippen molar-refractivity contribution in [2.45, 2.75) is 12.3 Å². The molecule has 0 aliphatic carbocycles. The summed E-state index contributed by atoms with van der Waals surface area (Å²) < 4.78 is 4.98. The lowest BCUT2D eigenvalue weighted by Gasteiger charge is -2.04. The molecular weight excluding hydrogens is 330 g/mol. The Hall–Kier alpha value is -2.12. The van der Waals surface area contributed by atoms with E-state index < -0.39 is 5.97 Å². The molecule has 21 heavy (non-hydrogen) atoms.